The van der Waals surface area contributed by atoms with Crippen LogP contribution in [0.1, 0.15) is 32.6 Å². The molecule has 0 aliphatic rings. The quantitative estimate of drug-likeness (QED) is 0.666. The van der Waals surface area contributed by atoms with Crippen LogP contribution in [-0.4, -0.2) is 44.0 Å². The van der Waals surface area contributed by atoms with E-state index < -0.39 is 16.0 Å². The fourth-order valence-corrected chi connectivity index (χ4v) is 2.97. The lowest BCUT2D eigenvalue weighted by Crippen LogP contribution is -2.29. The summed E-state index contributed by atoms with van der Waals surface area (Å²) in [6.07, 6.45) is 2.95. The van der Waals surface area contributed by atoms with Gasteiger partial charge in [0.05, 0.1) is 17.9 Å². The Balaban J connectivity index is 2.65. The van der Waals surface area contributed by atoms with Crippen LogP contribution in [0.3, 0.4) is 0 Å². The first-order valence-electron chi connectivity index (χ1n) is 7.29. The summed E-state index contributed by atoms with van der Waals surface area (Å²) < 4.78 is 31.1. The summed E-state index contributed by atoms with van der Waals surface area (Å²) in [5, 5.41) is 8.62. The van der Waals surface area contributed by atoms with E-state index in [1.54, 1.807) is 12.1 Å². The summed E-state index contributed by atoms with van der Waals surface area (Å²) in [5.74, 6) is -0.402. The van der Waals surface area contributed by atoms with Crippen LogP contribution in [0.25, 0.3) is 0 Å². The molecule has 0 saturated carbocycles. The third-order valence-corrected chi connectivity index (χ3v) is 5.06. The van der Waals surface area contributed by atoms with Crippen LogP contribution in [0.5, 0.6) is 5.75 Å². The Bertz CT molecular complexity index is 568. The lowest BCUT2D eigenvalue weighted by molar-refractivity contribution is -0.137. The lowest BCUT2D eigenvalue weighted by Gasteiger charge is -2.16. The number of sulfonamides is 1. The number of benzene rings is 1. The number of carbonyl (C=O) groups is 1. The molecule has 0 aliphatic heterocycles. The first kappa shape index (κ1) is 18.4. The minimum atomic E-state index is -3.67. The molecular formula is C15H23NO5S. The van der Waals surface area contributed by atoms with Crippen LogP contribution in [0.4, 0.5) is 0 Å². The Labute approximate surface area is 131 Å². The molecule has 0 heterocycles. The molecule has 124 valence electrons. The third-order valence-electron chi connectivity index (χ3n) is 3.19. The number of unbranched alkanes of at least 4 members (excludes halogenated alkanes) is 2. The van der Waals surface area contributed by atoms with Crippen LogP contribution in [-0.2, 0) is 14.8 Å². The van der Waals surface area contributed by atoms with Gasteiger partial charge in [-0.1, -0.05) is 19.8 Å². The van der Waals surface area contributed by atoms with Crippen LogP contribution >= 0.6 is 0 Å². The summed E-state index contributed by atoms with van der Waals surface area (Å²) in [7, 11) is -2.30. The molecule has 1 N–H and O–H groups in total. The first-order chi connectivity index (χ1) is 10.4. The van der Waals surface area contributed by atoms with Gasteiger partial charge in [-0.3, -0.25) is 4.79 Å². The molecule has 0 bridgehead atoms. The number of carboxylic acids is 1. The highest BCUT2D eigenvalue weighted by atomic mass is 32.2. The number of hydrogen-bond donors (Lipinski definition) is 1. The largest absolute Gasteiger partial charge is 0.494 e. The van der Waals surface area contributed by atoms with Gasteiger partial charge >= 0.3 is 5.97 Å². The molecule has 1 rings (SSSR count). The molecule has 0 unspecified atom stereocenters. The van der Waals surface area contributed by atoms with Crippen molar-refractivity contribution in [1.29, 1.82) is 0 Å². The Morgan fingerprint density at radius 3 is 2.41 bits per heavy atom. The molecule has 6 nitrogen and oxygen atoms in total. The van der Waals surface area contributed by atoms with Gasteiger partial charge in [-0.25, -0.2) is 12.7 Å². The van der Waals surface area contributed by atoms with Crippen LogP contribution in [0, 0.1) is 0 Å². The Kier molecular flexibility index (Phi) is 7.34. The highest BCUT2D eigenvalue weighted by Crippen LogP contribution is 2.19. The van der Waals surface area contributed by atoms with E-state index in [1.165, 1.54) is 19.2 Å². The molecule has 1 aromatic rings. The average Bonchev–Trinajstić information content (AvgIpc) is 2.49. The Hall–Kier alpha value is -1.60. The standard InChI is InChI=1S/C15H23NO5S/c1-3-4-5-12-21-13-6-8-14(9-7-13)22(19,20)16(2)11-10-15(17)18/h6-9H,3-5,10-12H2,1-2H3,(H,17,18). The number of aliphatic carboxylic acids is 1. The van der Waals surface area contributed by atoms with Gasteiger partial charge < -0.3 is 9.84 Å². The van der Waals surface area contributed by atoms with E-state index in [1.807, 2.05) is 0 Å². The molecule has 0 aromatic heterocycles. The van der Waals surface area contributed by atoms with Crippen molar-refractivity contribution < 1.29 is 23.1 Å². The zero-order chi connectivity index (χ0) is 16.6. The molecule has 7 heteroatoms. The summed E-state index contributed by atoms with van der Waals surface area (Å²) in [6.45, 7) is 2.66. The monoisotopic (exact) mass is 329 g/mol. The zero-order valence-corrected chi connectivity index (χ0v) is 13.8. The maximum Gasteiger partial charge on any atom is 0.304 e. The first-order valence-corrected chi connectivity index (χ1v) is 8.73. The number of ether oxygens (including phenoxy) is 1. The molecule has 0 atom stereocenters. The maximum atomic E-state index is 12.2. The highest BCUT2D eigenvalue weighted by Gasteiger charge is 2.21. The zero-order valence-electron chi connectivity index (χ0n) is 13.0. The summed E-state index contributed by atoms with van der Waals surface area (Å²) in [4.78, 5) is 10.6. The molecule has 0 amide bonds. The lowest BCUT2D eigenvalue weighted by atomic mass is 10.3. The van der Waals surface area contributed by atoms with Gasteiger partial charge in [-0.15, -0.1) is 0 Å². The highest BCUT2D eigenvalue weighted by molar-refractivity contribution is 7.89. The number of carboxylic acid groups (broad SMARTS) is 1. The molecule has 22 heavy (non-hydrogen) atoms. The van der Waals surface area contributed by atoms with Crippen molar-refractivity contribution >= 4 is 16.0 Å². The van der Waals surface area contributed by atoms with Crippen molar-refractivity contribution in [3.8, 4) is 5.75 Å². The van der Waals surface area contributed by atoms with Gasteiger partial charge in [0.2, 0.25) is 10.0 Å². The minimum Gasteiger partial charge on any atom is -0.494 e. The summed E-state index contributed by atoms with van der Waals surface area (Å²) in [5.41, 5.74) is 0. The van der Waals surface area contributed by atoms with E-state index in [9.17, 15) is 13.2 Å². The fraction of sp³-hybridized carbons (Fsp3) is 0.533. The average molecular weight is 329 g/mol. The van der Waals surface area contributed by atoms with E-state index >= 15 is 0 Å². The SMILES string of the molecule is CCCCCOc1ccc(S(=O)(=O)N(C)CCC(=O)O)cc1. The van der Waals surface area contributed by atoms with E-state index in [2.05, 4.69) is 6.92 Å². The Morgan fingerprint density at radius 2 is 1.86 bits per heavy atom. The van der Waals surface area contributed by atoms with Crippen molar-refractivity contribution in [2.24, 2.45) is 0 Å². The van der Waals surface area contributed by atoms with E-state index in [0.717, 1.165) is 23.6 Å². The van der Waals surface area contributed by atoms with E-state index in [0.29, 0.717) is 12.4 Å². The summed E-state index contributed by atoms with van der Waals surface area (Å²) in [6, 6.07) is 6.18. The number of nitrogens with zero attached hydrogens (tertiary/aromatic N) is 1. The molecular weight excluding hydrogens is 306 g/mol. The van der Waals surface area contributed by atoms with Crippen molar-refractivity contribution in [2.45, 2.75) is 37.5 Å². The second-order valence-electron chi connectivity index (χ2n) is 5.00. The van der Waals surface area contributed by atoms with Crippen molar-refractivity contribution in [2.75, 3.05) is 20.2 Å². The normalized spacial score (nSPS) is 11.6. The molecule has 0 spiro atoms. The molecule has 1 aromatic carbocycles. The van der Waals surface area contributed by atoms with Crippen LogP contribution in [0.2, 0.25) is 0 Å². The van der Waals surface area contributed by atoms with Crippen LogP contribution in [0.15, 0.2) is 29.2 Å². The smallest absolute Gasteiger partial charge is 0.304 e. The topological polar surface area (TPSA) is 83.9 Å². The molecule has 0 saturated heterocycles. The predicted molar refractivity (Wildman–Crippen MR) is 83.5 cm³/mol. The second kappa shape index (κ2) is 8.75. The minimum absolute atomic E-state index is 0.0626. The van der Waals surface area contributed by atoms with Crippen molar-refractivity contribution in [3.05, 3.63) is 24.3 Å². The summed E-state index contributed by atoms with van der Waals surface area (Å²) >= 11 is 0. The van der Waals surface area contributed by atoms with Crippen LogP contribution < -0.4 is 4.74 Å². The van der Waals surface area contributed by atoms with Gasteiger partial charge in [0.15, 0.2) is 0 Å². The van der Waals surface area contributed by atoms with Gasteiger partial charge in [0.1, 0.15) is 5.75 Å². The van der Waals surface area contributed by atoms with Gasteiger partial charge in [0.25, 0.3) is 0 Å². The number of rotatable bonds is 10. The van der Waals surface area contributed by atoms with Crippen molar-refractivity contribution in [1.82, 2.24) is 4.31 Å². The maximum absolute atomic E-state index is 12.2. The third kappa shape index (κ3) is 5.65. The van der Waals surface area contributed by atoms with E-state index in [4.69, 9.17) is 9.84 Å². The second-order valence-corrected chi connectivity index (χ2v) is 7.04. The predicted octanol–water partition coefficient (Wildman–Crippen LogP) is 2.35. The van der Waals surface area contributed by atoms with Gasteiger partial charge in [-0.05, 0) is 30.7 Å². The molecule has 0 radical (unpaired) electrons. The van der Waals surface area contributed by atoms with E-state index in [-0.39, 0.29) is 17.9 Å². The molecule has 0 fully saturated rings. The Morgan fingerprint density at radius 1 is 1.23 bits per heavy atom. The molecule has 0 aliphatic carbocycles. The van der Waals surface area contributed by atoms with Gasteiger partial charge in [-0.2, -0.15) is 0 Å². The van der Waals surface area contributed by atoms with Gasteiger partial charge in [0, 0.05) is 13.6 Å². The van der Waals surface area contributed by atoms with Crippen molar-refractivity contribution in [3.63, 3.8) is 0 Å². The fourth-order valence-electron chi connectivity index (χ4n) is 1.80. The number of hydrogen-bond acceptors (Lipinski definition) is 4.